The molecule has 28 heavy (non-hydrogen) atoms. The highest BCUT2D eigenvalue weighted by molar-refractivity contribution is 5.93. The molecule has 2 aromatic rings. The van der Waals surface area contributed by atoms with Crippen molar-refractivity contribution < 1.29 is 14.4 Å². The number of amides is 2. The average molecular weight is 388 g/mol. The Morgan fingerprint density at radius 1 is 1.04 bits per heavy atom. The first-order chi connectivity index (χ1) is 12.7. The maximum absolute atomic E-state index is 13.0. The van der Waals surface area contributed by atoms with Crippen molar-refractivity contribution in [2.75, 3.05) is 0 Å². The van der Waals surface area contributed by atoms with Crippen molar-refractivity contribution in [1.82, 2.24) is 14.5 Å². The first-order valence-corrected chi connectivity index (χ1v) is 9.09. The summed E-state index contributed by atoms with van der Waals surface area (Å²) >= 11 is 0. The van der Waals surface area contributed by atoms with Gasteiger partial charge in [-0.15, -0.1) is 0 Å². The van der Waals surface area contributed by atoms with E-state index in [0.717, 1.165) is 4.57 Å². The van der Waals surface area contributed by atoms with Crippen LogP contribution in [-0.2, 0) is 16.1 Å². The van der Waals surface area contributed by atoms with Crippen molar-refractivity contribution >= 4 is 28.8 Å². The van der Waals surface area contributed by atoms with Gasteiger partial charge in [-0.1, -0.05) is 53.7 Å². The van der Waals surface area contributed by atoms with Crippen molar-refractivity contribution in [1.29, 1.82) is 0 Å². The molecule has 152 valence electrons. The lowest BCUT2D eigenvalue weighted by Gasteiger charge is -2.28. The largest absolute Gasteiger partial charge is 0.368 e. The fourth-order valence-electron chi connectivity index (χ4n) is 2.84. The number of Topliss-reactive ketones (excluding diaryl/α,β-unsaturated/α-hetero) is 1. The predicted octanol–water partition coefficient (Wildman–Crippen LogP) is 1.88. The van der Waals surface area contributed by atoms with E-state index in [1.165, 1.54) is 4.57 Å². The maximum Gasteiger partial charge on any atom is 0.337 e. The molecule has 0 bridgehead atoms. The van der Waals surface area contributed by atoms with Crippen molar-refractivity contribution in [3.63, 3.8) is 0 Å². The first-order valence-electron chi connectivity index (χ1n) is 9.09. The number of aromatic nitrogens is 2. The van der Waals surface area contributed by atoms with E-state index in [-0.39, 0.29) is 12.3 Å². The van der Waals surface area contributed by atoms with Crippen LogP contribution >= 0.6 is 0 Å². The van der Waals surface area contributed by atoms with Gasteiger partial charge in [0, 0.05) is 5.41 Å². The molecule has 1 aromatic heterocycles. The van der Waals surface area contributed by atoms with Gasteiger partial charge in [-0.05, 0) is 17.5 Å². The molecule has 2 amide bonds. The second-order valence-electron chi connectivity index (χ2n) is 9.02. The van der Waals surface area contributed by atoms with Gasteiger partial charge in [-0.25, -0.2) is 14.2 Å². The van der Waals surface area contributed by atoms with Crippen LogP contribution in [0.4, 0.5) is 4.79 Å². The summed E-state index contributed by atoms with van der Waals surface area (Å²) in [4.78, 5) is 50.1. The Morgan fingerprint density at radius 3 is 2.04 bits per heavy atom. The molecule has 0 spiro atoms. The van der Waals surface area contributed by atoms with E-state index < -0.39 is 34.5 Å². The number of primary amides is 1. The Labute approximate surface area is 163 Å². The monoisotopic (exact) mass is 388 g/mol. The Hall–Kier alpha value is -2.90. The molecule has 8 heteroatoms. The molecule has 1 atom stereocenters. The summed E-state index contributed by atoms with van der Waals surface area (Å²) in [6.45, 7) is 10.4. The number of nitrogens with zero attached hydrogens (tertiary/aromatic N) is 2. The molecule has 2 rings (SSSR count). The van der Waals surface area contributed by atoms with Crippen LogP contribution in [0.1, 0.15) is 41.5 Å². The second kappa shape index (κ2) is 7.26. The number of fused-ring (bicyclic) bond motifs is 1. The number of carbonyl (C=O) groups is 3. The molecule has 8 nitrogen and oxygen atoms in total. The van der Waals surface area contributed by atoms with Gasteiger partial charge in [0.05, 0.1) is 17.6 Å². The second-order valence-corrected chi connectivity index (χ2v) is 9.02. The third kappa shape index (κ3) is 4.16. The van der Waals surface area contributed by atoms with Crippen molar-refractivity contribution in [3.05, 3.63) is 34.7 Å². The number of rotatable bonds is 4. The molecule has 0 aliphatic carbocycles. The molecule has 0 radical (unpaired) electrons. The molecule has 1 aromatic carbocycles. The van der Waals surface area contributed by atoms with Gasteiger partial charge in [0.15, 0.2) is 5.78 Å². The van der Waals surface area contributed by atoms with Crippen molar-refractivity contribution in [2.24, 2.45) is 16.6 Å². The van der Waals surface area contributed by atoms with Crippen LogP contribution < -0.4 is 16.7 Å². The molecule has 3 N–H and O–H groups in total. The highest BCUT2D eigenvalue weighted by Gasteiger charge is 2.33. The summed E-state index contributed by atoms with van der Waals surface area (Å²) in [5.74, 6) is -0.830. The van der Waals surface area contributed by atoms with Crippen LogP contribution in [0.3, 0.4) is 0 Å². The minimum absolute atomic E-state index is 0.136. The molecule has 0 fully saturated rings. The minimum atomic E-state index is -0.967. The Kier molecular flexibility index (Phi) is 5.55. The average Bonchev–Trinajstić information content (AvgIpc) is 2.82. The zero-order chi connectivity index (χ0) is 21.4. The van der Waals surface area contributed by atoms with E-state index in [2.05, 4.69) is 5.32 Å². The predicted molar refractivity (Wildman–Crippen MR) is 107 cm³/mol. The highest BCUT2D eigenvalue weighted by atomic mass is 16.2. The lowest BCUT2D eigenvalue weighted by atomic mass is 9.86. The summed E-state index contributed by atoms with van der Waals surface area (Å²) in [5.41, 5.74) is 4.33. The van der Waals surface area contributed by atoms with Crippen molar-refractivity contribution in [2.45, 2.75) is 54.1 Å². The molecule has 0 aliphatic rings. The molecule has 0 aliphatic heterocycles. The number of imidazole rings is 1. The molecule has 0 saturated heterocycles. The lowest BCUT2D eigenvalue weighted by molar-refractivity contribution is -0.126. The number of benzene rings is 1. The van der Waals surface area contributed by atoms with E-state index in [1.807, 2.05) is 0 Å². The number of hydrogen-bond donors (Lipinski definition) is 2. The number of carbonyl (C=O) groups excluding carboxylic acids is 3. The third-order valence-electron chi connectivity index (χ3n) is 4.60. The van der Waals surface area contributed by atoms with Gasteiger partial charge in [-0.3, -0.25) is 14.2 Å². The Balaban J connectivity index is 2.55. The summed E-state index contributed by atoms with van der Waals surface area (Å²) in [7, 11) is 0. The van der Waals surface area contributed by atoms with Crippen LogP contribution in [0, 0.1) is 10.8 Å². The maximum atomic E-state index is 13.0. The Morgan fingerprint density at radius 2 is 1.57 bits per heavy atom. The fourth-order valence-corrected chi connectivity index (χ4v) is 2.84. The van der Waals surface area contributed by atoms with Gasteiger partial charge in [0.1, 0.15) is 6.04 Å². The quantitative estimate of drug-likeness (QED) is 0.832. The van der Waals surface area contributed by atoms with E-state index in [1.54, 1.807) is 65.8 Å². The van der Waals surface area contributed by atoms with Gasteiger partial charge in [0.25, 0.3) is 0 Å². The van der Waals surface area contributed by atoms with Crippen LogP contribution in [0.25, 0.3) is 11.0 Å². The number of nitrogens with one attached hydrogen (secondary N) is 1. The summed E-state index contributed by atoms with van der Waals surface area (Å²) in [6.07, 6.45) is 0. The number of nitrogens with two attached hydrogens (primary N) is 1. The van der Waals surface area contributed by atoms with Crippen LogP contribution in [0.2, 0.25) is 0 Å². The van der Waals surface area contributed by atoms with E-state index in [9.17, 15) is 19.2 Å². The lowest BCUT2D eigenvalue weighted by Crippen LogP contribution is -2.54. The summed E-state index contributed by atoms with van der Waals surface area (Å²) < 4.78 is 2.21. The van der Waals surface area contributed by atoms with Gasteiger partial charge in [-0.2, -0.15) is 0 Å². The molecule has 0 unspecified atom stereocenters. The first kappa shape index (κ1) is 21.4. The molecule has 0 saturated carbocycles. The molecular weight excluding hydrogens is 360 g/mol. The van der Waals surface area contributed by atoms with Gasteiger partial charge >= 0.3 is 11.7 Å². The SMILES string of the molecule is CC(C)(C)C(=O)Cn1c(=O)n(C(=O)N[C@H](C(N)=O)C(C)(C)C)c2ccccc21. The normalized spacial score (nSPS) is 13.4. The Bertz CT molecular complexity index is 986. The number of hydrogen-bond acceptors (Lipinski definition) is 4. The summed E-state index contributed by atoms with van der Waals surface area (Å²) in [5, 5.41) is 2.55. The number of ketones is 1. The van der Waals surface area contributed by atoms with Crippen LogP contribution in [0.5, 0.6) is 0 Å². The topological polar surface area (TPSA) is 116 Å². The van der Waals surface area contributed by atoms with Crippen molar-refractivity contribution in [3.8, 4) is 0 Å². The highest BCUT2D eigenvalue weighted by Crippen LogP contribution is 2.21. The smallest absolute Gasteiger partial charge is 0.337 e. The standard InChI is InChI=1S/C20H28N4O4/c1-19(2,3)14(25)11-23-12-9-7-8-10-13(12)24(18(23)28)17(27)22-15(16(21)26)20(4,5)6/h7-10,15H,11H2,1-6H3,(H2,21,26)(H,22,27)/t15-/m1/s1. The summed E-state index contributed by atoms with van der Waals surface area (Å²) in [6, 6.07) is 4.98. The fraction of sp³-hybridized carbons (Fsp3) is 0.500. The van der Waals surface area contributed by atoms with Crippen LogP contribution in [-0.4, -0.2) is 32.9 Å². The number of para-hydroxylation sites is 2. The van der Waals surface area contributed by atoms with Crippen LogP contribution in [0.15, 0.2) is 29.1 Å². The van der Waals surface area contributed by atoms with Gasteiger partial charge < -0.3 is 11.1 Å². The van der Waals surface area contributed by atoms with Gasteiger partial charge in [0.2, 0.25) is 5.91 Å². The minimum Gasteiger partial charge on any atom is -0.368 e. The zero-order valence-corrected chi connectivity index (χ0v) is 17.2. The van der Waals surface area contributed by atoms with E-state index in [4.69, 9.17) is 5.73 Å². The molecular formula is C20H28N4O4. The van der Waals surface area contributed by atoms with E-state index >= 15 is 0 Å². The zero-order valence-electron chi connectivity index (χ0n) is 17.2. The van der Waals surface area contributed by atoms with E-state index in [0.29, 0.717) is 11.0 Å². The molecule has 1 heterocycles. The third-order valence-corrected chi connectivity index (χ3v) is 4.60.